The number of ether oxygens (including phenoxy) is 1. The Kier molecular flexibility index (Phi) is 6.40. The molecule has 0 radical (unpaired) electrons. The predicted octanol–water partition coefficient (Wildman–Crippen LogP) is 0.980. The van der Waals surface area contributed by atoms with Crippen LogP contribution in [0.15, 0.2) is 0 Å². The Bertz CT molecular complexity index is 442. The SMILES string of the molecule is CO[C@H]1C[C@@H](CN(C)CC(=O)NC2(C#N)CCCCC2)N(C)C1. The van der Waals surface area contributed by atoms with Gasteiger partial charge in [-0.05, 0) is 33.4 Å². The lowest BCUT2D eigenvalue weighted by Crippen LogP contribution is -2.52. The first-order chi connectivity index (χ1) is 11.0. The molecule has 2 fully saturated rings. The number of methoxy groups -OCH3 is 1. The van der Waals surface area contributed by atoms with Gasteiger partial charge in [-0.3, -0.25) is 14.6 Å². The zero-order valence-electron chi connectivity index (χ0n) is 14.7. The second kappa shape index (κ2) is 8.09. The van der Waals surface area contributed by atoms with Gasteiger partial charge in [0.1, 0.15) is 5.54 Å². The molecule has 2 aliphatic rings. The minimum absolute atomic E-state index is 0.0418. The van der Waals surface area contributed by atoms with Crippen LogP contribution in [0.3, 0.4) is 0 Å². The molecule has 0 aromatic heterocycles. The van der Waals surface area contributed by atoms with E-state index in [4.69, 9.17) is 4.74 Å². The van der Waals surface area contributed by atoms with Crippen LogP contribution in [-0.2, 0) is 9.53 Å². The summed E-state index contributed by atoms with van der Waals surface area (Å²) in [4.78, 5) is 16.7. The molecular weight excluding hydrogens is 292 g/mol. The number of rotatable bonds is 6. The van der Waals surface area contributed by atoms with Crippen molar-refractivity contribution in [1.82, 2.24) is 15.1 Å². The molecule has 1 amide bonds. The van der Waals surface area contributed by atoms with Gasteiger partial charge in [0.05, 0.1) is 18.7 Å². The Morgan fingerprint density at radius 3 is 2.70 bits per heavy atom. The molecule has 6 heteroatoms. The highest BCUT2D eigenvalue weighted by Gasteiger charge is 2.34. The predicted molar refractivity (Wildman–Crippen MR) is 88.9 cm³/mol. The van der Waals surface area contributed by atoms with Crippen LogP contribution in [0, 0.1) is 11.3 Å². The number of nitrogens with one attached hydrogen (secondary N) is 1. The van der Waals surface area contributed by atoms with Gasteiger partial charge in [0.25, 0.3) is 0 Å². The summed E-state index contributed by atoms with van der Waals surface area (Å²) in [5.41, 5.74) is -0.637. The maximum Gasteiger partial charge on any atom is 0.235 e. The molecule has 1 heterocycles. The maximum atomic E-state index is 12.3. The number of amides is 1. The summed E-state index contributed by atoms with van der Waals surface area (Å²) < 4.78 is 5.43. The van der Waals surface area contributed by atoms with Crippen LogP contribution in [0.2, 0.25) is 0 Å². The molecular formula is C17H30N4O2. The van der Waals surface area contributed by atoms with Gasteiger partial charge >= 0.3 is 0 Å². The van der Waals surface area contributed by atoms with Crippen molar-refractivity contribution >= 4 is 5.91 Å². The van der Waals surface area contributed by atoms with Gasteiger partial charge in [-0.1, -0.05) is 19.3 Å². The third kappa shape index (κ3) is 4.90. The number of carbonyl (C=O) groups is 1. The van der Waals surface area contributed by atoms with Gasteiger partial charge in [-0.25, -0.2) is 0 Å². The van der Waals surface area contributed by atoms with E-state index in [1.165, 1.54) is 0 Å². The molecule has 1 aliphatic carbocycles. The molecule has 2 rings (SSSR count). The van der Waals surface area contributed by atoms with E-state index in [0.717, 1.165) is 51.6 Å². The van der Waals surface area contributed by atoms with E-state index >= 15 is 0 Å². The van der Waals surface area contributed by atoms with Crippen LogP contribution in [-0.4, -0.2) is 74.2 Å². The average molecular weight is 322 g/mol. The average Bonchev–Trinajstić information content (AvgIpc) is 2.88. The van der Waals surface area contributed by atoms with Gasteiger partial charge in [0.15, 0.2) is 0 Å². The lowest BCUT2D eigenvalue weighted by atomic mass is 9.83. The van der Waals surface area contributed by atoms with Crippen molar-refractivity contribution < 1.29 is 9.53 Å². The number of nitriles is 1. The molecule has 0 aromatic carbocycles. The normalized spacial score (nSPS) is 27.8. The molecule has 1 saturated carbocycles. The number of nitrogens with zero attached hydrogens (tertiary/aromatic N) is 3. The highest BCUT2D eigenvalue weighted by Crippen LogP contribution is 2.27. The second-order valence-electron chi connectivity index (χ2n) is 7.19. The number of hydrogen-bond donors (Lipinski definition) is 1. The van der Waals surface area contributed by atoms with Crippen molar-refractivity contribution in [3.63, 3.8) is 0 Å². The summed E-state index contributed by atoms with van der Waals surface area (Å²) in [6.45, 7) is 2.12. The van der Waals surface area contributed by atoms with E-state index in [1.54, 1.807) is 7.11 Å². The fourth-order valence-electron chi connectivity index (χ4n) is 3.81. The molecule has 130 valence electrons. The van der Waals surface area contributed by atoms with Crippen LogP contribution in [0.25, 0.3) is 0 Å². The van der Waals surface area contributed by atoms with Crippen molar-refractivity contribution in [2.45, 2.75) is 56.2 Å². The molecule has 23 heavy (non-hydrogen) atoms. The van der Waals surface area contributed by atoms with Crippen molar-refractivity contribution in [3.05, 3.63) is 0 Å². The van der Waals surface area contributed by atoms with Crippen LogP contribution in [0.1, 0.15) is 38.5 Å². The highest BCUT2D eigenvalue weighted by molar-refractivity contribution is 5.79. The zero-order valence-corrected chi connectivity index (χ0v) is 14.7. The molecule has 2 atom stereocenters. The molecule has 6 nitrogen and oxygen atoms in total. The molecule has 0 spiro atoms. The van der Waals surface area contributed by atoms with Crippen LogP contribution in [0.5, 0.6) is 0 Å². The van der Waals surface area contributed by atoms with E-state index in [1.807, 2.05) is 11.9 Å². The first-order valence-corrected chi connectivity index (χ1v) is 8.62. The summed E-state index contributed by atoms with van der Waals surface area (Å²) in [6, 6.07) is 2.75. The first kappa shape index (κ1) is 18.2. The third-order valence-electron chi connectivity index (χ3n) is 5.22. The summed E-state index contributed by atoms with van der Waals surface area (Å²) in [7, 11) is 5.82. The molecule has 1 saturated heterocycles. The lowest BCUT2D eigenvalue weighted by Gasteiger charge is -2.32. The molecule has 0 unspecified atom stereocenters. The van der Waals surface area contributed by atoms with Crippen LogP contribution in [0.4, 0.5) is 0 Å². The van der Waals surface area contributed by atoms with Crippen molar-refractivity contribution in [2.24, 2.45) is 0 Å². The Morgan fingerprint density at radius 2 is 2.13 bits per heavy atom. The minimum Gasteiger partial charge on any atom is -0.380 e. The van der Waals surface area contributed by atoms with E-state index in [0.29, 0.717) is 12.6 Å². The molecule has 0 aromatic rings. The lowest BCUT2D eigenvalue weighted by molar-refractivity contribution is -0.123. The summed E-state index contributed by atoms with van der Waals surface area (Å²) in [5, 5.41) is 12.4. The van der Waals surface area contributed by atoms with Crippen LogP contribution >= 0.6 is 0 Å². The number of likely N-dealkylation sites (N-methyl/N-ethyl adjacent to an activating group) is 2. The highest BCUT2D eigenvalue weighted by atomic mass is 16.5. The van der Waals surface area contributed by atoms with Crippen molar-refractivity contribution in [2.75, 3.05) is 40.8 Å². The second-order valence-corrected chi connectivity index (χ2v) is 7.19. The zero-order chi connectivity index (χ0) is 16.9. The van der Waals surface area contributed by atoms with E-state index in [-0.39, 0.29) is 12.0 Å². The van der Waals surface area contributed by atoms with Gasteiger partial charge in [-0.15, -0.1) is 0 Å². The largest absolute Gasteiger partial charge is 0.380 e. The minimum atomic E-state index is -0.637. The fraction of sp³-hybridized carbons (Fsp3) is 0.882. The van der Waals surface area contributed by atoms with Gasteiger partial charge in [0.2, 0.25) is 5.91 Å². The Hall–Kier alpha value is -1.16. The quantitative estimate of drug-likeness (QED) is 0.789. The van der Waals surface area contributed by atoms with Crippen molar-refractivity contribution in [1.29, 1.82) is 5.26 Å². The van der Waals surface area contributed by atoms with E-state index in [9.17, 15) is 10.1 Å². The Balaban J connectivity index is 1.79. The summed E-state index contributed by atoms with van der Waals surface area (Å²) in [5.74, 6) is -0.0418. The fourth-order valence-corrected chi connectivity index (χ4v) is 3.81. The summed E-state index contributed by atoms with van der Waals surface area (Å²) >= 11 is 0. The summed E-state index contributed by atoms with van der Waals surface area (Å²) in [6.07, 6.45) is 6.05. The Labute approximate surface area is 139 Å². The monoisotopic (exact) mass is 322 g/mol. The topological polar surface area (TPSA) is 68.6 Å². The van der Waals surface area contributed by atoms with E-state index in [2.05, 4.69) is 23.3 Å². The third-order valence-corrected chi connectivity index (χ3v) is 5.22. The van der Waals surface area contributed by atoms with Gasteiger partial charge in [-0.2, -0.15) is 5.26 Å². The van der Waals surface area contributed by atoms with Crippen LogP contribution < -0.4 is 5.32 Å². The van der Waals surface area contributed by atoms with E-state index < -0.39 is 5.54 Å². The molecule has 0 bridgehead atoms. The molecule has 1 aliphatic heterocycles. The molecule has 1 N–H and O–H groups in total. The van der Waals surface area contributed by atoms with Gasteiger partial charge in [0, 0.05) is 26.2 Å². The van der Waals surface area contributed by atoms with Crippen molar-refractivity contribution in [3.8, 4) is 6.07 Å². The smallest absolute Gasteiger partial charge is 0.235 e. The number of likely N-dealkylation sites (tertiary alicyclic amines) is 1. The number of carbonyl (C=O) groups excluding carboxylic acids is 1. The Morgan fingerprint density at radius 1 is 1.43 bits per heavy atom. The maximum absolute atomic E-state index is 12.3. The standard InChI is InChI=1S/C17H30N4O2/c1-20(10-14-9-15(23-3)11-21(14)2)12-16(22)19-17(13-18)7-5-4-6-8-17/h14-15H,4-12H2,1-3H3,(H,19,22)/t14-,15-/m0/s1. The number of hydrogen-bond acceptors (Lipinski definition) is 5. The first-order valence-electron chi connectivity index (χ1n) is 8.62. The van der Waals surface area contributed by atoms with Gasteiger partial charge < -0.3 is 10.1 Å².